The van der Waals surface area contributed by atoms with Crippen LogP contribution in [0.5, 0.6) is 0 Å². The molecule has 0 fully saturated rings. The summed E-state index contributed by atoms with van der Waals surface area (Å²) in [5.74, 6) is 1.79. The van der Waals surface area contributed by atoms with E-state index >= 15 is 0 Å². The normalized spacial score (nSPS) is 10.5. The molecule has 0 atom stereocenters. The van der Waals surface area contributed by atoms with E-state index in [0.717, 1.165) is 36.6 Å². The van der Waals surface area contributed by atoms with Crippen molar-refractivity contribution >= 4 is 5.82 Å². The third-order valence-electron chi connectivity index (χ3n) is 3.07. The molecule has 0 aliphatic carbocycles. The number of nitrogens with one attached hydrogen (secondary N) is 1. The first-order valence-electron chi connectivity index (χ1n) is 6.81. The standard InChI is InChI=1S/C16H21N3/c1-4-5-14-11-15(17-3)19-16(18-14)10-13-8-6-12(2)7-9-13/h6-9,11H,4-5,10H2,1-3H3,(H,17,18,19). The highest BCUT2D eigenvalue weighted by Crippen LogP contribution is 2.12. The van der Waals surface area contributed by atoms with Crippen LogP contribution in [0.25, 0.3) is 0 Å². The van der Waals surface area contributed by atoms with Crippen LogP contribution in [0.15, 0.2) is 30.3 Å². The number of benzene rings is 1. The van der Waals surface area contributed by atoms with Crippen LogP contribution in [0.3, 0.4) is 0 Å². The Labute approximate surface area is 115 Å². The minimum absolute atomic E-state index is 0.784. The van der Waals surface area contributed by atoms with Crippen molar-refractivity contribution in [3.63, 3.8) is 0 Å². The molecule has 0 radical (unpaired) electrons. The number of aryl methyl sites for hydroxylation is 2. The van der Waals surface area contributed by atoms with Crippen LogP contribution < -0.4 is 5.32 Å². The molecule has 0 aliphatic rings. The molecule has 0 spiro atoms. The fourth-order valence-electron chi connectivity index (χ4n) is 2.03. The summed E-state index contributed by atoms with van der Waals surface area (Å²) < 4.78 is 0. The van der Waals surface area contributed by atoms with Gasteiger partial charge in [0.2, 0.25) is 0 Å². The average Bonchev–Trinajstić information content (AvgIpc) is 2.41. The number of aromatic nitrogens is 2. The van der Waals surface area contributed by atoms with Gasteiger partial charge in [-0.3, -0.25) is 0 Å². The lowest BCUT2D eigenvalue weighted by Crippen LogP contribution is -2.04. The summed E-state index contributed by atoms with van der Waals surface area (Å²) in [5.41, 5.74) is 3.64. The summed E-state index contributed by atoms with van der Waals surface area (Å²) in [7, 11) is 1.90. The van der Waals surface area contributed by atoms with Crippen molar-refractivity contribution in [3.8, 4) is 0 Å². The Kier molecular flexibility index (Phi) is 4.50. The van der Waals surface area contributed by atoms with E-state index in [4.69, 9.17) is 0 Å². The van der Waals surface area contributed by atoms with Gasteiger partial charge in [-0.2, -0.15) is 0 Å². The Bertz CT molecular complexity index is 532. The van der Waals surface area contributed by atoms with E-state index in [9.17, 15) is 0 Å². The van der Waals surface area contributed by atoms with E-state index in [1.807, 2.05) is 13.1 Å². The average molecular weight is 255 g/mol. The Hall–Kier alpha value is -1.90. The number of nitrogens with zero attached hydrogens (tertiary/aromatic N) is 2. The molecule has 0 amide bonds. The number of rotatable bonds is 5. The number of hydrogen-bond acceptors (Lipinski definition) is 3. The van der Waals surface area contributed by atoms with Crippen molar-refractivity contribution in [3.05, 3.63) is 53.0 Å². The van der Waals surface area contributed by atoms with E-state index in [1.54, 1.807) is 0 Å². The van der Waals surface area contributed by atoms with E-state index in [1.165, 1.54) is 11.1 Å². The Morgan fingerprint density at radius 3 is 2.47 bits per heavy atom. The first-order chi connectivity index (χ1) is 9.21. The Morgan fingerprint density at radius 1 is 1.11 bits per heavy atom. The van der Waals surface area contributed by atoms with E-state index < -0.39 is 0 Å². The molecule has 1 heterocycles. The quantitative estimate of drug-likeness (QED) is 0.890. The summed E-state index contributed by atoms with van der Waals surface area (Å²) in [6, 6.07) is 10.6. The van der Waals surface area contributed by atoms with Gasteiger partial charge in [-0.25, -0.2) is 9.97 Å². The fraction of sp³-hybridized carbons (Fsp3) is 0.375. The molecule has 0 saturated heterocycles. The fourth-order valence-corrected chi connectivity index (χ4v) is 2.03. The van der Waals surface area contributed by atoms with Crippen LogP contribution >= 0.6 is 0 Å². The summed E-state index contributed by atoms with van der Waals surface area (Å²) in [6.45, 7) is 4.27. The van der Waals surface area contributed by atoms with Crippen molar-refractivity contribution in [1.29, 1.82) is 0 Å². The van der Waals surface area contributed by atoms with Crippen LogP contribution in [0.4, 0.5) is 5.82 Å². The minimum atomic E-state index is 0.784. The Morgan fingerprint density at radius 2 is 1.84 bits per heavy atom. The topological polar surface area (TPSA) is 37.8 Å². The van der Waals surface area contributed by atoms with Gasteiger partial charge < -0.3 is 5.32 Å². The van der Waals surface area contributed by atoms with Crippen molar-refractivity contribution < 1.29 is 0 Å². The van der Waals surface area contributed by atoms with Crippen LogP contribution in [-0.2, 0) is 12.8 Å². The van der Waals surface area contributed by atoms with Gasteiger partial charge in [-0.05, 0) is 18.9 Å². The third kappa shape index (κ3) is 3.78. The van der Waals surface area contributed by atoms with Gasteiger partial charge in [0.15, 0.2) is 0 Å². The molecule has 2 aromatic rings. The second-order valence-electron chi connectivity index (χ2n) is 4.82. The van der Waals surface area contributed by atoms with Crippen LogP contribution in [0.1, 0.15) is 36.0 Å². The molecule has 3 nitrogen and oxygen atoms in total. The molecule has 3 heteroatoms. The minimum Gasteiger partial charge on any atom is -0.373 e. The number of hydrogen-bond donors (Lipinski definition) is 1. The second kappa shape index (κ2) is 6.32. The van der Waals surface area contributed by atoms with Crippen molar-refractivity contribution in [2.24, 2.45) is 0 Å². The largest absolute Gasteiger partial charge is 0.373 e. The molecule has 2 rings (SSSR count). The van der Waals surface area contributed by atoms with Crippen LogP contribution in [0, 0.1) is 6.92 Å². The Balaban J connectivity index is 2.23. The first-order valence-corrected chi connectivity index (χ1v) is 6.81. The van der Waals surface area contributed by atoms with E-state index in [2.05, 4.69) is 53.4 Å². The monoisotopic (exact) mass is 255 g/mol. The van der Waals surface area contributed by atoms with Gasteiger partial charge in [-0.1, -0.05) is 43.2 Å². The third-order valence-corrected chi connectivity index (χ3v) is 3.07. The molecule has 1 aromatic carbocycles. The molecule has 0 bridgehead atoms. The zero-order valence-corrected chi connectivity index (χ0v) is 11.9. The molecular formula is C16H21N3. The van der Waals surface area contributed by atoms with Crippen molar-refractivity contribution in [2.75, 3.05) is 12.4 Å². The molecular weight excluding hydrogens is 234 g/mol. The maximum absolute atomic E-state index is 4.64. The van der Waals surface area contributed by atoms with Gasteiger partial charge >= 0.3 is 0 Å². The summed E-state index contributed by atoms with van der Waals surface area (Å²) >= 11 is 0. The highest BCUT2D eigenvalue weighted by atomic mass is 15.0. The van der Waals surface area contributed by atoms with Crippen molar-refractivity contribution in [1.82, 2.24) is 9.97 Å². The second-order valence-corrected chi connectivity index (χ2v) is 4.82. The zero-order chi connectivity index (χ0) is 13.7. The van der Waals surface area contributed by atoms with Gasteiger partial charge in [0.1, 0.15) is 11.6 Å². The van der Waals surface area contributed by atoms with E-state index in [-0.39, 0.29) is 0 Å². The molecule has 0 aliphatic heterocycles. The van der Waals surface area contributed by atoms with Gasteiger partial charge in [-0.15, -0.1) is 0 Å². The van der Waals surface area contributed by atoms with Gasteiger partial charge in [0.25, 0.3) is 0 Å². The molecule has 0 unspecified atom stereocenters. The molecule has 1 N–H and O–H groups in total. The zero-order valence-electron chi connectivity index (χ0n) is 11.9. The van der Waals surface area contributed by atoms with Crippen LogP contribution in [0.2, 0.25) is 0 Å². The van der Waals surface area contributed by atoms with Crippen molar-refractivity contribution in [2.45, 2.75) is 33.1 Å². The summed E-state index contributed by atoms with van der Waals surface area (Å²) in [6.07, 6.45) is 2.88. The highest BCUT2D eigenvalue weighted by Gasteiger charge is 2.04. The smallest absolute Gasteiger partial charge is 0.135 e. The van der Waals surface area contributed by atoms with E-state index in [0.29, 0.717) is 0 Å². The lowest BCUT2D eigenvalue weighted by molar-refractivity contribution is 0.843. The highest BCUT2D eigenvalue weighted by molar-refractivity contribution is 5.36. The number of anilines is 1. The molecule has 0 saturated carbocycles. The van der Waals surface area contributed by atoms with Gasteiger partial charge in [0, 0.05) is 25.2 Å². The predicted octanol–water partition coefficient (Wildman–Crippen LogP) is 3.37. The molecule has 19 heavy (non-hydrogen) atoms. The predicted molar refractivity (Wildman–Crippen MR) is 79.6 cm³/mol. The van der Waals surface area contributed by atoms with Gasteiger partial charge in [0.05, 0.1) is 0 Å². The molecule has 1 aromatic heterocycles. The lowest BCUT2D eigenvalue weighted by atomic mass is 10.1. The SMILES string of the molecule is CCCc1cc(NC)nc(Cc2ccc(C)cc2)n1. The summed E-state index contributed by atoms with van der Waals surface area (Å²) in [4.78, 5) is 9.17. The first kappa shape index (κ1) is 13.5. The molecule has 100 valence electrons. The van der Waals surface area contributed by atoms with Crippen LogP contribution in [-0.4, -0.2) is 17.0 Å². The summed E-state index contributed by atoms with van der Waals surface area (Å²) in [5, 5.41) is 3.11. The maximum Gasteiger partial charge on any atom is 0.135 e. The maximum atomic E-state index is 4.64. The lowest BCUT2D eigenvalue weighted by Gasteiger charge is -2.07.